The summed E-state index contributed by atoms with van der Waals surface area (Å²) in [5, 5.41) is 3.83. The van der Waals surface area contributed by atoms with Crippen LogP contribution in [0.2, 0.25) is 0 Å². The van der Waals surface area contributed by atoms with E-state index in [2.05, 4.69) is 47.2 Å². The van der Waals surface area contributed by atoms with E-state index >= 15 is 0 Å². The predicted molar refractivity (Wildman–Crippen MR) is 90.4 cm³/mol. The monoisotopic (exact) mass is 335 g/mol. The van der Waals surface area contributed by atoms with E-state index in [-0.39, 0.29) is 0 Å². The van der Waals surface area contributed by atoms with Gasteiger partial charge in [0.1, 0.15) is 0 Å². The molecule has 1 aromatic rings. The summed E-state index contributed by atoms with van der Waals surface area (Å²) in [6.07, 6.45) is 11.5. The average molecular weight is 336 g/mol. The van der Waals surface area contributed by atoms with Gasteiger partial charge in [0.05, 0.1) is 0 Å². The minimum absolute atomic E-state index is 0.680. The van der Waals surface area contributed by atoms with Gasteiger partial charge in [-0.1, -0.05) is 28.8 Å². The third kappa shape index (κ3) is 2.90. The van der Waals surface area contributed by atoms with Crippen molar-refractivity contribution in [2.24, 2.45) is 5.41 Å². The Morgan fingerprint density at radius 3 is 2.10 bits per heavy atom. The number of rotatable bonds is 2. The number of aryl methyl sites for hydroxylation is 2. The first kappa shape index (κ1) is 14.4. The highest BCUT2D eigenvalue weighted by Gasteiger charge is 2.37. The highest BCUT2D eigenvalue weighted by Crippen LogP contribution is 2.49. The molecule has 0 unspecified atom stereocenters. The zero-order valence-electron chi connectivity index (χ0n) is 12.8. The lowest BCUT2D eigenvalue weighted by atomic mass is 9.71. The van der Waals surface area contributed by atoms with Crippen molar-refractivity contribution in [3.8, 4) is 0 Å². The van der Waals surface area contributed by atoms with Crippen LogP contribution in [-0.2, 0) is 0 Å². The number of hydrogen-bond acceptors (Lipinski definition) is 1. The molecule has 1 nitrogen and oxygen atoms in total. The van der Waals surface area contributed by atoms with Crippen LogP contribution in [0.1, 0.15) is 62.5 Å². The van der Waals surface area contributed by atoms with Crippen molar-refractivity contribution >= 4 is 21.6 Å². The molecule has 1 spiro atoms. The fourth-order valence-electron chi connectivity index (χ4n) is 4.34. The molecule has 2 fully saturated rings. The van der Waals surface area contributed by atoms with Gasteiger partial charge >= 0.3 is 0 Å². The number of nitrogens with one attached hydrogen (secondary N) is 1. The highest BCUT2D eigenvalue weighted by atomic mass is 79.9. The van der Waals surface area contributed by atoms with Crippen molar-refractivity contribution in [3.05, 3.63) is 27.7 Å². The van der Waals surface area contributed by atoms with Crippen LogP contribution in [-0.4, -0.2) is 6.04 Å². The van der Waals surface area contributed by atoms with Gasteiger partial charge in [-0.25, -0.2) is 0 Å². The summed E-state index contributed by atoms with van der Waals surface area (Å²) in [7, 11) is 0. The van der Waals surface area contributed by atoms with Crippen LogP contribution in [0, 0.1) is 19.3 Å². The van der Waals surface area contributed by atoms with Crippen LogP contribution in [0.3, 0.4) is 0 Å². The Hall–Kier alpha value is -0.500. The van der Waals surface area contributed by atoms with Crippen LogP contribution < -0.4 is 5.32 Å². The molecule has 0 amide bonds. The largest absolute Gasteiger partial charge is 0.382 e. The van der Waals surface area contributed by atoms with Crippen molar-refractivity contribution < 1.29 is 0 Å². The molecule has 0 atom stereocenters. The van der Waals surface area contributed by atoms with E-state index in [4.69, 9.17) is 0 Å². The SMILES string of the molecule is Cc1cc(Br)cc(C)c1NC1CCC2(CCCC2)CC1. The summed E-state index contributed by atoms with van der Waals surface area (Å²) in [6.45, 7) is 4.42. The molecule has 0 radical (unpaired) electrons. The van der Waals surface area contributed by atoms with E-state index in [0.29, 0.717) is 6.04 Å². The fraction of sp³-hybridized carbons (Fsp3) is 0.667. The highest BCUT2D eigenvalue weighted by molar-refractivity contribution is 9.10. The summed E-state index contributed by atoms with van der Waals surface area (Å²) < 4.78 is 1.19. The van der Waals surface area contributed by atoms with Gasteiger partial charge in [0.2, 0.25) is 0 Å². The maximum atomic E-state index is 3.83. The summed E-state index contributed by atoms with van der Waals surface area (Å²) >= 11 is 3.59. The van der Waals surface area contributed by atoms with Crippen molar-refractivity contribution in [2.45, 2.75) is 71.3 Å². The maximum absolute atomic E-state index is 3.83. The standard InChI is InChI=1S/C18H26BrN/c1-13-11-15(19)12-14(2)17(13)20-16-5-9-18(10-6-16)7-3-4-8-18/h11-12,16,20H,3-10H2,1-2H3. The summed E-state index contributed by atoms with van der Waals surface area (Å²) in [6, 6.07) is 5.12. The fourth-order valence-corrected chi connectivity index (χ4v) is 5.03. The van der Waals surface area contributed by atoms with Crippen molar-refractivity contribution in [1.29, 1.82) is 0 Å². The molecule has 0 bridgehead atoms. The van der Waals surface area contributed by atoms with Gasteiger partial charge in [-0.2, -0.15) is 0 Å². The Morgan fingerprint density at radius 1 is 1.00 bits per heavy atom. The lowest BCUT2D eigenvalue weighted by Crippen LogP contribution is -2.32. The van der Waals surface area contributed by atoms with Gasteiger partial charge in [0.15, 0.2) is 0 Å². The molecule has 3 rings (SSSR count). The van der Waals surface area contributed by atoms with E-state index < -0.39 is 0 Å². The molecule has 2 saturated carbocycles. The topological polar surface area (TPSA) is 12.0 Å². The van der Waals surface area contributed by atoms with E-state index in [1.54, 1.807) is 0 Å². The second-order valence-corrected chi connectivity index (χ2v) is 7.96. The van der Waals surface area contributed by atoms with Crippen LogP contribution in [0.15, 0.2) is 16.6 Å². The molecule has 2 heteroatoms. The minimum Gasteiger partial charge on any atom is -0.382 e. The van der Waals surface area contributed by atoms with E-state index in [1.165, 1.54) is 72.7 Å². The zero-order valence-corrected chi connectivity index (χ0v) is 14.4. The van der Waals surface area contributed by atoms with Crippen LogP contribution in [0.5, 0.6) is 0 Å². The zero-order chi connectivity index (χ0) is 14.2. The molecule has 0 heterocycles. The quantitative estimate of drug-likeness (QED) is 0.700. The van der Waals surface area contributed by atoms with Gasteiger partial charge in [0, 0.05) is 16.2 Å². The van der Waals surface area contributed by atoms with Crippen molar-refractivity contribution in [1.82, 2.24) is 0 Å². The number of hydrogen-bond donors (Lipinski definition) is 1. The summed E-state index contributed by atoms with van der Waals surface area (Å²) in [5.41, 5.74) is 4.82. The Morgan fingerprint density at radius 2 is 1.55 bits per heavy atom. The van der Waals surface area contributed by atoms with E-state index in [9.17, 15) is 0 Å². The van der Waals surface area contributed by atoms with Crippen LogP contribution in [0.25, 0.3) is 0 Å². The Kier molecular flexibility index (Phi) is 4.12. The lowest BCUT2D eigenvalue weighted by Gasteiger charge is -2.38. The first-order valence-electron chi connectivity index (χ1n) is 8.11. The molecule has 1 aromatic carbocycles. The van der Waals surface area contributed by atoms with Crippen LogP contribution >= 0.6 is 15.9 Å². The van der Waals surface area contributed by atoms with Gasteiger partial charge < -0.3 is 5.32 Å². The molecule has 0 saturated heterocycles. The normalized spacial score (nSPS) is 22.4. The van der Waals surface area contributed by atoms with Crippen LogP contribution in [0.4, 0.5) is 5.69 Å². The second-order valence-electron chi connectivity index (χ2n) is 7.04. The van der Waals surface area contributed by atoms with Crippen molar-refractivity contribution in [2.75, 3.05) is 5.32 Å². The maximum Gasteiger partial charge on any atom is 0.0402 e. The molecular formula is C18H26BrN. The smallest absolute Gasteiger partial charge is 0.0402 e. The van der Waals surface area contributed by atoms with Gasteiger partial charge in [0.25, 0.3) is 0 Å². The molecule has 0 aliphatic heterocycles. The average Bonchev–Trinajstić information content (AvgIpc) is 2.85. The minimum atomic E-state index is 0.680. The Bertz CT molecular complexity index is 455. The Labute approximate surface area is 131 Å². The first-order chi connectivity index (χ1) is 9.58. The summed E-state index contributed by atoms with van der Waals surface area (Å²) in [5.74, 6) is 0. The molecule has 2 aliphatic rings. The third-order valence-corrected chi connectivity index (χ3v) is 6.01. The molecule has 20 heavy (non-hydrogen) atoms. The van der Waals surface area contributed by atoms with Gasteiger partial charge in [-0.3, -0.25) is 0 Å². The van der Waals surface area contributed by atoms with E-state index in [1.807, 2.05) is 0 Å². The van der Waals surface area contributed by atoms with Crippen molar-refractivity contribution in [3.63, 3.8) is 0 Å². The Balaban J connectivity index is 1.65. The second kappa shape index (κ2) is 5.71. The van der Waals surface area contributed by atoms with E-state index in [0.717, 1.165) is 5.41 Å². The number of benzene rings is 1. The van der Waals surface area contributed by atoms with Gasteiger partial charge in [-0.15, -0.1) is 0 Å². The molecule has 110 valence electrons. The molecule has 0 aromatic heterocycles. The molecular weight excluding hydrogens is 310 g/mol. The summed E-state index contributed by atoms with van der Waals surface area (Å²) in [4.78, 5) is 0. The lowest BCUT2D eigenvalue weighted by molar-refractivity contribution is 0.188. The third-order valence-electron chi connectivity index (χ3n) is 5.56. The first-order valence-corrected chi connectivity index (χ1v) is 8.91. The predicted octanol–water partition coefficient (Wildman–Crippen LogP) is 5.98. The number of halogens is 1. The van der Waals surface area contributed by atoms with Gasteiger partial charge in [-0.05, 0) is 81.0 Å². The number of anilines is 1. The molecule has 1 N–H and O–H groups in total. The molecule has 2 aliphatic carbocycles.